The zero-order valence-electron chi connectivity index (χ0n) is 5.65. The summed E-state index contributed by atoms with van der Waals surface area (Å²) in [6.45, 7) is 1.49. The van der Waals surface area contributed by atoms with Gasteiger partial charge in [0.1, 0.15) is 11.6 Å². The van der Waals surface area contributed by atoms with Crippen molar-refractivity contribution in [2.24, 2.45) is 5.73 Å². The molecule has 0 spiro atoms. The van der Waals surface area contributed by atoms with Gasteiger partial charge in [0, 0.05) is 13.0 Å². The van der Waals surface area contributed by atoms with E-state index in [1.807, 2.05) is 0 Å². The minimum Gasteiger partial charge on any atom is -0.368 e. The number of nitrogens with two attached hydrogens (primary N) is 1. The van der Waals surface area contributed by atoms with Crippen LogP contribution in [-0.4, -0.2) is 16.5 Å². The molecule has 0 saturated carbocycles. The minimum atomic E-state index is 0.495. The number of nitrogens with one attached hydrogen (secondary N) is 2. The number of imidazole rings is 1. The smallest absolute Gasteiger partial charge is 0.147 e. The highest BCUT2D eigenvalue weighted by atomic mass is 15.1. The molecule has 4 heteroatoms. The van der Waals surface area contributed by atoms with Gasteiger partial charge in [-0.3, -0.25) is 0 Å². The van der Waals surface area contributed by atoms with Crippen molar-refractivity contribution in [2.45, 2.75) is 13.0 Å². The quantitative estimate of drug-likeness (QED) is 0.505. The maximum absolute atomic E-state index is 5.39. The van der Waals surface area contributed by atoms with Crippen LogP contribution in [0.2, 0.25) is 0 Å². The summed E-state index contributed by atoms with van der Waals surface area (Å²) in [6.07, 6.45) is 1.04. The Morgan fingerprint density at radius 1 is 1.60 bits per heavy atom. The summed E-state index contributed by atoms with van der Waals surface area (Å²) in [4.78, 5) is 7.36. The molecule has 2 heterocycles. The maximum atomic E-state index is 5.39. The standard InChI is InChI=1S/C6H10N4/c7-3-5-9-4-1-2-8-6(4)10-5/h8H,1-3,7H2,(H,9,10). The van der Waals surface area contributed by atoms with Crippen LogP contribution in [0.3, 0.4) is 0 Å². The normalized spacial score (nSPS) is 14.9. The molecule has 0 bridgehead atoms. The number of aromatic nitrogens is 2. The number of anilines is 1. The van der Waals surface area contributed by atoms with Gasteiger partial charge < -0.3 is 16.0 Å². The Bertz CT molecular complexity index is 218. The van der Waals surface area contributed by atoms with E-state index < -0.39 is 0 Å². The maximum Gasteiger partial charge on any atom is 0.147 e. The van der Waals surface area contributed by atoms with Crippen molar-refractivity contribution in [2.75, 3.05) is 11.9 Å². The van der Waals surface area contributed by atoms with Gasteiger partial charge in [-0.2, -0.15) is 0 Å². The van der Waals surface area contributed by atoms with E-state index in [0.29, 0.717) is 6.54 Å². The van der Waals surface area contributed by atoms with Crippen LogP contribution >= 0.6 is 0 Å². The third-order valence-electron chi connectivity index (χ3n) is 1.69. The number of nitrogens with zero attached hydrogens (tertiary/aromatic N) is 1. The summed E-state index contributed by atoms with van der Waals surface area (Å²) in [5.74, 6) is 1.86. The average Bonchev–Trinajstić information content (AvgIpc) is 2.42. The summed E-state index contributed by atoms with van der Waals surface area (Å²) in [6, 6.07) is 0. The fourth-order valence-electron chi connectivity index (χ4n) is 1.19. The summed E-state index contributed by atoms with van der Waals surface area (Å²) < 4.78 is 0. The fourth-order valence-corrected chi connectivity index (χ4v) is 1.19. The largest absolute Gasteiger partial charge is 0.368 e. The highest BCUT2D eigenvalue weighted by Crippen LogP contribution is 2.17. The van der Waals surface area contributed by atoms with E-state index in [0.717, 1.165) is 24.6 Å². The van der Waals surface area contributed by atoms with Crippen molar-refractivity contribution in [3.05, 3.63) is 11.5 Å². The van der Waals surface area contributed by atoms with Gasteiger partial charge in [-0.1, -0.05) is 0 Å². The highest BCUT2D eigenvalue weighted by molar-refractivity contribution is 5.46. The lowest BCUT2D eigenvalue weighted by atomic mass is 10.4. The first-order chi connectivity index (χ1) is 4.90. The molecular weight excluding hydrogens is 128 g/mol. The molecule has 10 heavy (non-hydrogen) atoms. The molecule has 0 fully saturated rings. The molecule has 1 aromatic rings. The van der Waals surface area contributed by atoms with Crippen molar-refractivity contribution in [1.29, 1.82) is 0 Å². The van der Waals surface area contributed by atoms with Crippen LogP contribution in [0.25, 0.3) is 0 Å². The van der Waals surface area contributed by atoms with E-state index in [-0.39, 0.29) is 0 Å². The van der Waals surface area contributed by atoms with Gasteiger partial charge in [-0.25, -0.2) is 4.98 Å². The third kappa shape index (κ3) is 0.690. The van der Waals surface area contributed by atoms with Crippen molar-refractivity contribution >= 4 is 5.82 Å². The second-order valence-corrected chi connectivity index (χ2v) is 2.39. The summed E-state index contributed by atoms with van der Waals surface area (Å²) in [7, 11) is 0. The molecule has 1 aliphatic rings. The first-order valence-electron chi connectivity index (χ1n) is 3.42. The van der Waals surface area contributed by atoms with E-state index in [1.165, 1.54) is 5.69 Å². The lowest BCUT2D eigenvalue weighted by Gasteiger charge is -1.89. The minimum absolute atomic E-state index is 0.495. The molecule has 0 aromatic carbocycles. The lowest BCUT2D eigenvalue weighted by Crippen LogP contribution is -2.01. The van der Waals surface area contributed by atoms with Crippen molar-refractivity contribution in [3.63, 3.8) is 0 Å². The highest BCUT2D eigenvalue weighted by Gasteiger charge is 2.13. The summed E-state index contributed by atoms with van der Waals surface area (Å²) >= 11 is 0. The molecule has 4 nitrogen and oxygen atoms in total. The number of aromatic amines is 1. The summed E-state index contributed by atoms with van der Waals surface area (Å²) in [5, 5.41) is 3.16. The Hall–Kier alpha value is -1.03. The fraction of sp³-hybridized carbons (Fsp3) is 0.500. The van der Waals surface area contributed by atoms with E-state index >= 15 is 0 Å². The Labute approximate surface area is 58.8 Å². The Balaban J connectivity index is 2.37. The molecule has 1 aliphatic heterocycles. The second-order valence-electron chi connectivity index (χ2n) is 2.39. The van der Waals surface area contributed by atoms with Gasteiger partial charge >= 0.3 is 0 Å². The van der Waals surface area contributed by atoms with E-state index in [2.05, 4.69) is 15.3 Å². The van der Waals surface area contributed by atoms with Gasteiger partial charge in [0.2, 0.25) is 0 Å². The number of hydrogen-bond donors (Lipinski definition) is 3. The van der Waals surface area contributed by atoms with Gasteiger partial charge in [0.15, 0.2) is 0 Å². The first-order valence-corrected chi connectivity index (χ1v) is 3.42. The van der Waals surface area contributed by atoms with Gasteiger partial charge in [-0.05, 0) is 0 Å². The van der Waals surface area contributed by atoms with Crippen LogP contribution in [0.1, 0.15) is 11.5 Å². The molecule has 2 rings (SSSR count). The number of rotatable bonds is 1. The zero-order chi connectivity index (χ0) is 6.97. The summed E-state index contributed by atoms with van der Waals surface area (Å²) in [5.41, 5.74) is 6.58. The first kappa shape index (κ1) is 5.73. The topological polar surface area (TPSA) is 66.7 Å². The molecule has 0 unspecified atom stereocenters. The molecule has 0 amide bonds. The zero-order valence-corrected chi connectivity index (χ0v) is 5.65. The lowest BCUT2D eigenvalue weighted by molar-refractivity contribution is 0.916. The van der Waals surface area contributed by atoms with E-state index in [1.54, 1.807) is 0 Å². The monoisotopic (exact) mass is 138 g/mol. The van der Waals surface area contributed by atoms with Gasteiger partial charge in [0.05, 0.1) is 12.2 Å². The molecular formula is C6H10N4. The van der Waals surface area contributed by atoms with Crippen LogP contribution in [0.4, 0.5) is 5.82 Å². The predicted molar refractivity (Wildman–Crippen MR) is 38.7 cm³/mol. The van der Waals surface area contributed by atoms with Crippen LogP contribution in [0.15, 0.2) is 0 Å². The second kappa shape index (κ2) is 1.98. The van der Waals surface area contributed by atoms with Crippen molar-refractivity contribution in [3.8, 4) is 0 Å². The van der Waals surface area contributed by atoms with E-state index in [9.17, 15) is 0 Å². The van der Waals surface area contributed by atoms with E-state index in [4.69, 9.17) is 5.73 Å². The van der Waals surface area contributed by atoms with Crippen LogP contribution < -0.4 is 11.1 Å². The Kier molecular flexibility index (Phi) is 1.14. The number of hydrogen-bond acceptors (Lipinski definition) is 3. The molecule has 0 radical (unpaired) electrons. The predicted octanol–water partition coefficient (Wildman–Crippen LogP) is -0.164. The Morgan fingerprint density at radius 3 is 3.20 bits per heavy atom. The van der Waals surface area contributed by atoms with Crippen molar-refractivity contribution in [1.82, 2.24) is 9.97 Å². The molecule has 0 saturated heterocycles. The number of H-pyrrole nitrogens is 1. The van der Waals surface area contributed by atoms with Crippen molar-refractivity contribution < 1.29 is 0 Å². The molecule has 54 valence electrons. The van der Waals surface area contributed by atoms with Crippen LogP contribution in [0.5, 0.6) is 0 Å². The Morgan fingerprint density at radius 2 is 2.50 bits per heavy atom. The molecule has 0 atom stereocenters. The van der Waals surface area contributed by atoms with Crippen LogP contribution in [-0.2, 0) is 13.0 Å². The molecule has 4 N–H and O–H groups in total. The number of fused-ring (bicyclic) bond motifs is 1. The third-order valence-corrected chi connectivity index (χ3v) is 1.69. The average molecular weight is 138 g/mol. The van der Waals surface area contributed by atoms with Crippen LogP contribution in [0, 0.1) is 0 Å². The van der Waals surface area contributed by atoms with Gasteiger partial charge in [-0.15, -0.1) is 0 Å². The molecule has 1 aromatic heterocycles. The van der Waals surface area contributed by atoms with Gasteiger partial charge in [0.25, 0.3) is 0 Å². The molecule has 0 aliphatic carbocycles. The SMILES string of the molecule is NCc1nc2c([nH]1)CCN2.